The van der Waals surface area contributed by atoms with Gasteiger partial charge in [0.25, 0.3) is 5.91 Å². The summed E-state index contributed by atoms with van der Waals surface area (Å²) in [7, 11) is 0. The molecule has 1 heterocycles. The maximum atomic E-state index is 12.6. The van der Waals surface area contributed by atoms with Crippen LogP contribution in [0.4, 0.5) is 0 Å². The van der Waals surface area contributed by atoms with Crippen LogP contribution < -0.4 is 5.73 Å². The van der Waals surface area contributed by atoms with Crippen molar-refractivity contribution in [1.82, 2.24) is 4.90 Å². The van der Waals surface area contributed by atoms with Gasteiger partial charge in [0.15, 0.2) is 0 Å². The minimum Gasteiger partial charge on any atom is -0.335 e. The topological polar surface area (TPSA) is 46.3 Å². The Kier molecular flexibility index (Phi) is 5.25. The van der Waals surface area contributed by atoms with E-state index in [9.17, 15) is 4.79 Å². The fraction of sp³-hybridized carbons (Fsp3) is 0.643. The highest BCUT2D eigenvalue weighted by atomic mass is 35.5. The van der Waals surface area contributed by atoms with Gasteiger partial charge in [-0.1, -0.05) is 24.4 Å². The molecule has 3 nitrogen and oxygen atoms in total. The van der Waals surface area contributed by atoms with Crippen LogP contribution in [-0.4, -0.2) is 29.9 Å². The van der Waals surface area contributed by atoms with Crippen molar-refractivity contribution in [3.8, 4) is 0 Å². The molecule has 2 atom stereocenters. The Labute approximate surface area is 123 Å². The van der Waals surface area contributed by atoms with Crippen molar-refractivity contribution in [2.75, 3.05) is 13.1 Å². The largest absolute Gasteiger partial charge is 0.335 e. The molecule has 0 spiro atoms. The first-order valence-corrected chi connectivity index (χ1v) is 8.13. The van der Waals surface area contributed by atoms with Crippen LogP contribution in [-0.2, 0) is 0 Å². The standard InChI is InChI=1S/C14H21ClN2OS/c1-2-17(11-6-4-3-5-10(11)9-16)14(18)12-7-8-13(15)19-12/h7-8,10-11H,2-6,9,16H2,1H3. The molecule has 0 radical (unpaired) electrons. The number of carbonyl (C=O) groups is 1. The zero-order valence-corrected chi connectivity index (χ0v) is 12.8. The van der Waals surface area contributed by atoms with Gasteiger partial charge in [-0.25, -0.2) is 0 Å². The maximum absolute atomic E-state index is 12.6. The Bertz CT molecular complexity index is 435. The molecule has 0 saturated heterocycles. The fourth-order valence-electron chi connectivity index (χ4n) is 2.97. The Morgan fingerprint density at radius 1 is 1.47 bits per heavy atom. The minimum absolute atomic E-state index is 0.102. The lowest BCUT2D eigenvalue weighted by molar-refractivity contribution is 0.0565. The number of thiophene rings is 1. The molecule has 0 aliphatic heterocycles. The molecule has 0 bridgehead atoms. The quantitative estimate of drug-likeness (QED) is 0.926. The van der Waals surface area contributed by atoms with E-state index in [-0.39, 0.29) is 11.9 Å². The summed E-state index contributed by atoms with van der Waals surface area (Å²) in [6.07, 6.45) is 4.63. The molecule has 19 heavy (non-hydrogen) atoms. The normalized spacial score (nSPS) is 23.3. The van der Waals surface area contributed by atoms with Crippen LogP contribution in [0.2, 0.25) is 4.34 Å². The van der Waals surface area contributed by atoms with Gasteiger partial charge in [-0.05, 0) is 44.4 Å². The van der Waals surface area contributed by atoms with E-state index < -0.39 is 0 Å². The molecule has 0 aromatic carbocycles. The van der Waals surface area contributed by atoms with Gasteiger partial charge in [-0.15, -0.1) is 11.3 Å². The van der Waals surface area contributed by atoms with Gasteiger partial charge >= 0.3 is 0 Å². The number of nitrogens with two attached hydrogens (primary N) is 1. The third kappa shape index (κ3) is 3.30. The second kappa shape index (κ2) is 6.73. The van der Waals surface area contributed by atoms with Crippen molar-refractivity contribution in [3.63, 3.8) is 0 Å². The van der Waals surface area contributed by atoms with Crippen LogP contribution >= 0.6 is 22.9 Å². The van der Waals surface area contributed by atoms with E-state index in [0.717, 1.165) is 24.3 Å². The van der Waals surface area contributed by atoms with E-state index in [2.05, 4.69) is 0 Å². The summed E-state index contributed by atoms with van der Waals surface area (Å²) in [5, 5.41) is 0. The molecule has 1 aliphatic carbocycles. The van der Waals surface area contributed by atoms with E-state index in [1.165, 1.54) is 24.2 Å². The fourth-order valence-corrected chi connectivity index (χ4v) is 3.97. The van der Waals surface area contributed by atoms with Crippen molar-refractivity contribution in [2.45, 2.75) is 38.6 Å². The van der Waals surface area contributed by atoms with Gasteiger partial charge in [0.2, 0.25) is 0 Å². The van der Waals surface area contributed by atoms with E-state index in [1.807, 2.05) is 17.9 Å². The number of halogens is 1. The second-order valence-electron chi connectivity index (χ2n) is 5.04. The molecule has 1 aromatic heterocycles. The zero-order chi connectivity index (χ0) is 13.8. The molecule has 1 fully saturated rings. The van der Waals surface area contributed by atoms with Gasteiger partial charge in [-0.3, -0.25) is 4.79 Å². The summed E-state index contributed by atoms with van der Waals surface area (Å²) in [5.74, 6) is 0.540. The lowest BCUT2D eigenvalue weighted by Gasteiger charge is -2.39. The molecule has 2 rings (SSSR count). The van der Waals surface area contributed by atoms with Gasteiger partial charge in [0.05, 0.1) is 9.21 Å². The Morgan fingerprint density at radius 3 is 2.79 bits per heavy atom. The third-order valence-corrected chi connectivity index (χ3v) is 5.18. The van der Waals surface area contributed by atoms with Gasteiger partial charge in [0.1, 0.15) is 0 Å². The number of amides is 1. The zero-order valence-electron chi connectivity index (χ0n) is 11.3. The van der Waals surface area contributed by atoms with E-state index in [1.54, 1.807) is 6.07 Å². The Hall–Kier alpha value is -0.580. The summed E-state index contributed by atoms with van der Waals surface area (Å²) in [6, 6.07) is 3.89. The van der Waals surface area contributed by atoms with E-state index in [0.29, 0.717) is 16.8 Å². The van der Waals surface area contributed by atoms with Crippen molar-refractivity contribution in [2.24, 2.45) is 11.7 Å². The highest BCUT2D eigenvalue weighted by Crippen LogP contribution is 2.30. The van der Waals surface area contributed by atoms with Crippen LogP contribution in [0.25, 0.3) is 0 Å². The van der Waals surface area contributed by atoms with Crippen LogP contribution in [0, 0.1) is 5.92 Å². The monoisotopic (exact) mass is 300 g/mol. The predicted octanol–water partition coefficient (Wildman–Crippen LogP) is 3.38. The highest BCUT2D eigenvalue weighted by molar-refractivity contribution is 7.17. The average Bonchev–Trinajstić information content (AvgIpc) is 2.86. The smallest absolute Gasteiger partial charge is 0.264 e. The number of carbonyl (C=O) groups excluding carboxylic acids is 1. The molecule has 2 N–H and O–H groups in total. The molecule has 1 aliphatic rings. The minimum atomic E-state index is 0.102. The van der Waals surface area contributed by atoms with Crippen LogP contribution in [0.3, 0.4) is 0 Å². The summed E-state index contributed by atoms with van der Waals surface area (Å²) in [5.41, 5.74) is 5.87. The Morgan fingerprint density at radius 2 is 2.21 bits per heavy atom. The summed E-state index contributed by atoms with van der Waals surface area (Å²) < 4.78 is 0.665. The summed E-state index contributed by atoms with van der Waals surface area (Å²) >= 11 is 7.28. The summed E-state index contributed by atoms with van der Waals surface area (Å²) in [4.78, 5) is 15.3. The van der Waals surface area contributed by atoms with Gasteiger partial charge in [0, 0.05) is 12.6 Å². The first-order chi connectivity index (χ1) is 9.17. The van der Waals surface area contributed by atoms with Gasteiger partial charge < -0.3 is 10.6 Å². The Balaban J connectivity index is 2.16. The van der Waals surface area contributed by atoms with Gasteiger partial charge in [-0.2, -0.15) is 0 Å². The maximum Gasteiger partial charge on any atom is 0.264 e. The van der Waals surface area contributed by atoms with Crippen molar-refractivity contribution in [1.29, 1.82) is 0 Å². The third-order valence-electron chi connectivity index (χ3n) is 3.96. The number of hydrogen-bond acceptors (Lipinski definition) is 3. The van der Waals surface area contributed by atoms with Crippen molar-refractivity contribution < 1.29 is 4.79 Å². The molecule has 106 valence electrons. The molecule has 2 unspecified atom stereocenters. The molecule has 1 saturated carbocycles. The predicted molar refractivity (Wildman–Crippen MR) is 80.8 cm³/mol. The van der Waals surface area contributed by atoms with Crippen molar-refractivity contribution in [3.05, 3.63) is 21.3 Å². The molecule has 1 amide bonds. The number of rotatable bonds is 4. The average molecular weight is 301 g/mol. The van der Waals surface area contributed by atoms with Crippen LogP contribution in [0.15, 0.2) is 12.1 Å². The molecule has 1 aromatic rings. The van der Waals surface area contributed by atoms with E-state index in [4.69, 9.17) is 17.3 Å². The first-order valence-electron chi connectivity index (χ1n) is 6.93. The number of nitrogens with zero attached hydrogens (tertiary/aromatic N) is 1. The van der Waals surface area contributed by atoms with Crippen molar-refractivity contribution >= 4 is 28.8 Å². The molecular weight excluding hydrogens is 280 g/mol. The number of hydrogen-bond donors (Lipinski definition) is 1. The lowest BCUT2D eigenvalue weighted by atomic mass is 9.83. The summed E-state index contributed by atoms with van der Waals surface area (Å²) in [6.45, 7) is 3.43. The van der Waals surface area contributed by atoms with Crippen LogP contribution in [0.1, 0.15) is 42.3 Å². The first kappa shape index (κ1) is 14.8. The highest BCUT2D eigenvalue weighted by Gasteiger charge is 2.32. The SMILES string of the molecule is CCN(C(=O)c1ccc(Cl)s1)C1CCCCC1CN. The molecular formula is C14H21ClN2OS. The van der Waals surface area contributed by atoms with Crippen LogP contribution in [0.5, 0.6) is 0 Å². The molecule has 5 heteroatoms. The lowest BCUT2D eigenvalue weighted by Crippen LogP contribution is -2.47. The second-order valence-corrected chi connectivity index (χ2v) is 6.76. The van der Waals surface area contributed by atoms with E-state index >= 15 is 0 Å².